The number of hydrogen-bond acceptors (Lipinski definition) is 2. The molecule has 1 aromatic heterocycles. The zero-order valence-electron chi connectivity index (χ0n) is 33.4. The van der Waals surface area contributed by atoms with Crippen LogP contribution in [0, 0.1) is 13.8 Å². The van der Waals surface area contributed by atoms with E-state index in [-0.39, 0.29) is 5.41 Å². The molecule has 1 aliphatic rings. The molecule has 0 spiro atoms. The number of benzene rings is 7. The van der Waals surface area contributed by atoms with Crippen LogP contribution in [0.2, 0.25) is 0 Å². The van der Waals surface area contributed by atoms with Crippen LogP contribution in [0.3, 0.4) is 0 Å². The van der Waals surface area contributed by atoms with E-state index in [1.807, 2.05) is 6.08 Å². The van der Waals surface area contributed by atoms with E-state index < -0.39 is 0 Å². The molecule has 9 rings (SSSR count). The zero-order chi connectivity index (χ0) is 39.3. The van der Waals surface area contributed by atoms with Gasteiger partial charge in [-0.1, -0.05) is 117 Å². The fraction of sp³-hybridized carbons (Fsp3) is 0.111. The average Bonchev–Trinajstić information content (AvgIpc) is 3.68. The molecule has 3 nitrogen and oxygen atoms in total. The third kappa shape index (κ3) is 6.17. The van der Waals surface area contributed by atoms with Crippen molar-refractivity contribution in [2.45, 2.75) is 40.0 Å². The average molecular weight is 738 g/mol. The Morgan fingerprint density at radius 3 is 1.63 bits per heavy atom. The Labute approximate surface area is 336 Å². The second-order valence-electron chi connectivity index (χ2n) is 15.6. The molecular formula is C54H47N3. The molecule has 57 heavy (non-hydrogen) atoms. The molecule has 1 heterocycles. The minimum atomic E-state index is -0.0463. The van der Waals surface area contributed by atoms with Gasteiger partial charge in [-0.3, -0.25) is 0 Å². The molecule has 0 bridgehead atoms. The molecule has 0 atom stereocenters. The third-order valence-corrected chi connectivity index (χ3v) is 11.6. The van der Waals surface area contributed by atoms with Crippen molar-refractivity contribution in [2.24, 2.45) is 0 Å². The van der Waals surface area contributed by atoms with E-state index in [4.69, 9.17) is 0 Å². The second kappa shape index (κ2) is 14.3. The third-order valence-electron chi connectivity index (χ3n) is 11.6. The number of allylic oxidation sites excluding steroid dienone is 5. The number of anilines is 6. The first-order chi connectivity index (χ1) is 27.8. The maximum absolute atomic E-state index is 4.01. The quantitative estimate of drug-likeness (QED) is 0.137. The molecular weight excluding hydrogens is 691 g/mol. The molecule has 0 fully saturated rings. The van der Waals surface area contributed by atoms with Crippen LogP contribution in [-0.4, -0.2) is 4.57 Å². The number of para-hydroxylation sites is 1. The molecule has 1 aliphatic carbocycles. The number of rotatable bonds is 9. The molecule has 0 radical (unpaired) electrons. The van der Waals surface area contributed by atoms with E-state index in [2.05, 4.69) is 232 Å². The van der Waals surface area contributed by atoms with Crippen LogP contribution < -0.4 is 9.80 Å². The Kier molecular flexibility index (Phi) is 9.02. The molecule has 278 valence electrons. The highest BCUT2D eigenvalue weighted by Crippen LogP contribution is 2.51. The summed E-state index contributed by atoms with van der Waals surface area (Å²) in [4.78, 5) is 4.75. The highest BCUT2D eigenvalue weighted by molar-refractivity contribution is 6.12. The molecule has 0 saturated carbocycles. The minimum absolute atomic E-state index is 0.0463. The first-order valence-corrected chi connectivity index (χ1v) is 19.8. The summed E-state index contributed by atoms with van der Waals surface area (Å²) >= 11 is 0. The molecule has 7 aromatic carbocycles. The van der Waals surface area contributed by atoms with Crippen molar-refractivity contribution in [1.29, 1.82) is 0 Å². The Morgan fingerprint density at radius 2 is 1.02 bits per heavy atom. The Morgan fingerprint density at radius 1 is 0.526 bits per heavy atom. The number of aromatic nitrogens is 1. The summed E-state index contributed by atoms with van der Waals surface area (Å²) in [6.07, 6.45) is 8.15. The largest absolute Gasteiger partial charge is 0.310 e. The normalized spacial score (nSPS) is 13.2. The van der Waals surface area contributed by atoms with Crippen LogP contribution in [0.25, 0.3) is 38.6 Å². The van der Waals surface area contributed by atoms with Crippen LogP contribution in [0.5, 0.6) is 0 Å². The summed E-state index contributed by atoms with van der Waals surface area (Å²) in [5.74, 6) is 0. The van der Waals surface area contributed by atoms with Crippen LogP contribution in [0.4, 0.5) is 34.1 Å². The van der Waals surface area contributed by atoms with Gasteiger partial charge in [0.25, 0.3) is 0 Å². The van der Waals surface area contributed by atoms with Gasteiger partial charge in [0, 0.05) is 56.0 Å². The summed E-state index contributed by atoms with van der Waals surface area (Å²) in [7, 11) is 0. The van der Waals surface area contributed by atoms with E-state index in [9.17, 15) is 0 Å². The molecule has 0 amide bonds. The van der Waals surface area contributed by atoms with Crippen LogP contribution in [0.1, 0.15) is 43.0 Å². The monoisotopic (exact) mass is 737 g/mol. The van der Waals surface area contributed by atoms with E-state index >= 15 is 0 Å². The van der Waals surface area contributed by atoms with Crippen LogP contribution in [-0.2, 0) is 5.41 Å². The maximum Gasteiger partial charge on any atom is 0.0542 e. The molecule has 0 N–H and O–H groups in total. The van der Waals surface area contributed by atoms with Crippen LogP contribution in [0.15, 0.2) is 189 Å². The molecule has 3 heteroatoms. The number of hydrogen-bond donors (Lipinski definition) is 0. The van der Waals surface area contributed by atoms with Crippen molar-refractivity contribution < 1.29 is 0 Å². The maximum atomic E-state index is 4.01. The molecule has 0 aliphatic heterocycles. The lowest BCUT2D eigenvalue weighted by atomic mass is 9.82. The van der Waals surface area contributed by atoms with Gasteiger partial charge < -0.3 is 14.4 Å². The van der Waals surface area contributed by atoms with E-state index in [0.29, 0.717) is 0 Å². The molecule has 0 saturated heterocycles. The van der Waals surface area contributed by atoms with Gasteiger partial charge in [0.15, 0.2) is 0 Å². The van der Waals surface area contributed by atoms with Gasteiger partial charge in [-0.15, -0.1) is 0 Å². The summed E-state index contributed by atoms with van der Waals surface area (Å²) in [5, 5.41) is 2.41. The second-order valence-corrected chi connectivity index (χ2v) is 15.6. The Bertz CT molecular complexity index is 2850. The van der Waals surface area contributed by atoms with Gasteiger partial charge >= 0.3 is 0 Å². The first-order valence-electron chi connectivity index (χ1n) is 19.8. The smallest absolute Gasteiger partial charge is 0.0542 e. The van der Waals surface area contributed by atoms with E-state index in [1.165, 1.54) is 44.2 Å². The standard InChI is InChI=1S/C54H47N3/c1-7-13-39(14-8-2)57-52-18-12-10-16-47(52)49-36-45(32-34-53(49)57)56(41-25-21-38(4)22-26-41)43-29-27-42(28-30-43)55(40-23-19-37(3)20-24-40)44-31-33-51-48(35-44)46-15-9-11-17-50(46)54(51,5)6/h7-36H,1H2,2-6H3/b14-8-,39-13+. The lowest BCUT2D eigenvalue weighted by Gasteiger charge is -2.29. The Hall–Kier alpha value is -6.84. The van der Waals surface area contributed by atoms with Gasteiger partial charge in [0.05, 0.1) is 11.0 Å². The van der Waals surface area contributed by atoms with Crippen LogP contribution >= 0.6 is 0 Å². The minimum Gasteiger partial charge on any atom is -0.310 e. The van der Waals surface area contributed by atoms with Crippen molar-refractivity contribution >= 4 is 61.6 Å². The van der Waals surface area contributed by atoms with Crippen molar-refractivity contribution in [2.75, 3.05) is 9.80 Å². The van der Waals surface area contributed by atoms with Crippen molar-refractivity contribution in [3.05, 3.63) is 211 Å². The lowest BCUT2D eigenvalue weighted by Crippen LogP contribution is -2.15. The summed E-state index contributed by atoms with van der Waals surface area (Å²) in [5.41, 5.74) is 17.8. The number of nitrogens with zero attached hydrogens (tertiary/aromatic N) is 3. The molecule has 8 aromatic rings. The first kappa shape index (κ1) is 35.8. The topological polar surface area (TPSA) is 11.4 Å². The highest BCUT2D eigenvalue weighted by atomic mass is 15.2. The van der Waals surface area contributed by atoms with Gasteiger partial charge in [-0.2, -0.15) is 0 Å². The summed E-state index contributed by atoms with van der Waals surface area (Å²) in [6.45, 7) is 15.0. The predicted molar refractivity (Wildman–Crippen MR) is 245 cm³/mol. The summed E-state index contributed by atoms with van der Waals surface area (Å²) in [6, 6.07) is 58.1. The predicted octanol–water partition coefficient (Wildman–Crippen LogP) is 15.3. The SMILES string of the molecule is C=C/C=C(\C=C/C)n1c2ccccc2c2cc(N(c3ccc(C)cc3)c3ccc(N(c4ccc(C)cc4)c4ccc5c(c4)-c4ccccc4C5(C)C)cc3)ccc21. The highest BCUT2D eigenvalue weighted by Gasteiger charge is 2.35. The summed E-state index contributed by atoms with van der Waals surface area (Å²) < 4.78 is 2.33. The molecule has 0 unspecified atom stereocenters. The van der Waals surface area contributed by atoms with Crippen molar-refractivity contribution in [1.82, 2.24) is 4.57 Å². The van der Waals surface area contributed by atoms with Crippen molar-refractivity contribution in [3.63, 3.8) is 0 Å². The number of fused-ring (bicyclic) bond motifs is 6. The fourth-order valence-corrected chi connectivity index (χ4v) is 8.75. The fourth-order valence-electron chi connectivity index (χ4n) is 8.75. The van der Waals surface area contributed by atoms with Gasteiger partial charge in [-0.05, 0) is 140 Å². The van der Waals surface area contributed by atoms with Gasteiger partial charge in [0.1, 0.15) is 0 Å². The number of aryl methyl sites for hydroxylation is 2. The van der Waals surface area contributed by atoms with Crippen molar-refractivity contribution in [3.8, 4) is 11.1 Å². The van der Waals surface area contributed by atoms with E-state index in [1.54, 1.807) is 0 Å². The van der Waals surface area contributed by atoms with Gasteiger partial charge in [0.2, 0.25) is 0 Å². The van der Waals surface area contributed by atoms with Gasteiger partial charge in [-0.25, -0.2) is 0 Å². The Balaban J connectivity index is 1.18. The zero-order valence-corrected chi connectivity index (χ0v) is 33.4. The lowest BCUT2D eigenvalue weighted by molar-refractivity contribution is 0.660. The van der Waals surface area contributed by atoms with E-state index in [0.717, 1.165) is 50.9 Å².